The number of carbonyl (C=O) groups is 2. The Balaban J connectivity index is 5.55. The van der Waals surface area contributed by atoms with Crippen LogP contribution in [0.2, 0.25) is 0 Å². The molecule has 0 bridgehead atoms. The van der Waals surface area contributed by atoms with Gasteiger partial charge < -0.3 is 15.3 Å². The van der Waals surface area contributed by atoms with Crippen LogP contribution in [0.3, 0.4) is 0 Å². The summed E-state index contributed by atoms with van der Waals surface area (Å²) in [6.45, 7) is 3.00. The summed E-state index contributed by atoms with van der Waals surface area (Å²) < 4.78 is 30.0. The summed E-state index contributed by atoms with van der Waals surface area (Å²) in [7, 11) is -5.15. The third-order valence-corrected chi connectivity index (χ3v) is 2.92. The van der Waals surface area contributed by atoms with E-state index >= 15 is 0 Å². The Hall–Kier alpha value is -1.45. The Kier molecular flexibility index (Phi) is 4.60. The number of hydrogen-bond acceptors (Lipinski definition) is 5. The number of hydrogen-bond donors (Lipinski definition) is 4. The number of aliphatic carboxylic acids is 2. The normalized spacial score (nSPS) is 17.1. The summed E-state index contributed by atoms with van der Waals surface area (Å²) in [5.41, 5.74) is 0. The van der Waals surface area contributed by atoms with E-state index in [1.54, 1.807) is 0 Å². The number of carboxylic acid groups (broad SMARTS) is 2. The molecular formula is C7H10O8S. The van der Waals surface area contributed by atoms with E-state index in [-0.39, 0.29) is 0 Å². The quantitative estimate of drug-likeness (QED) is 0.333. The average Bonchev–Trinajstić information content (AvgIpc) is 2.09. The van der Waals surface area contributed by atoms with Crippen LogP contribution in [-0.2, 0) is 19.7 Å². The molecule has 0 aromatic carbocycles. The smallest absolute Gasteiger partial charge is 0.325 e. The molecule has 92 valence electrons. The van der Waals surface area contributed by atoms with E-state index in [0.717, 1.165) is 0 Å². The molecule has 0 amide bonds. The molecule has 4 N–H and O–H groups in total. The Labute approximate surface area is 90.6 Å². The first-order valence-corrected chi connectivity index (χ1v) is 5.35. The zero-order valence-corrected chi connectivity index (χ0v) is 8.66. The van der Waals surface area contributed by atoms with Gasteiger partial charge in [0.25, 0.3) is 10.1 Å². The van der Waals surface area contributed by atoms with Crippen molar-refractivity contribution in [3.8, 4) is 0 Å². The van der Waals surface area contributed by atoms with Crippen molar-refractivity contribution in [3.05, 3.63) is 12.7 Å². The van der Waals surface area contributed by atoms with Crippen LogP contribution in [0.4, 0.5) is 0 Å². The lowest BCUT2D eigenvalue weighted by Gasteiger charge is -2.20. The van der Waals surface area contributed by atoms with Crippen LogP contribution >= 0.6 is 0 Å². The minimum absolute atomic E-state index is 0.667. The fourth-order valence-electron chi connectivity index (χ4n) is 1.07. The molecule has 0 aromatic rings. The summed E-state index contributed by atoms with van der Waals surface area (Å²) >= 11 is 0. The van der Waals surface area contributed by atoms with E-state index in [1.807, 2.05) is 0 Å². The third kappa shape index (κ3) is 3.29. The summed E-state index contributed by atoms with van der Waals surface area (Å²) in [5.74, 6) is -6.18. The van der Waals surface area contributed by atoms with Gasteiger partial charge in [0.2, 0.25) is 0 Å². The van der Waals surface area contributed by atoms with Crippen LogP contribution in [0.1, 0.15) is 0 Å². The van der Waals surface area contributed by atoms with Crippen LogP contribution in [0.15, 0.2) is 12.7 Å². The maximum absolute atomic E-state index is 10.7. The van der Waals surface area contributed by atoms with Gasteiger partial charge in [0.1, 0.15) is 5.92 Å². The maximum atomic E-state index is 10.7. The molecule has 16 heavy (non-hydrogen) atoms. The van der Waals surface area contributed by atoms with Gasteiger partial charge in [-0.05, 0) is 0 Å². The molecule has 9 heteroatoms. The summed E-state index contributed by atoms with van der Waals surface area (Å²) in [5, 5.41) is 23.6. The van der Waals surface area contributed by atoms with Gasteiger partial charge in [-0.15, -0.1) is 6.58 Å². The highest BCUT2D eigenvalue weighted by atomic mass is 32.2. The van der Waals surface area contributed by atoms with E-state index in [0.29, 0.717) is 6.08 Å². The monoisotopic (exact) mass is 254 g/mol. The topological polar surface area (TPSA) is 149 Å². The van der Waals surface area contributed by atoms with Crippen molar-refractivity contribution < 1.29 is 37.9 Å². The molecule has 0 aliphatic carbocycles. The Bertz CT molecular complexity index is 397. The summed E-state index contributed by atoms with van der Waals surface area (Å²) in [6.07, 6.45) is -1.25. The van der Waals surface area contributed by atoms with E-state index in [4.69, 9.17) is 19.9 Å². The highest BCUT2D eigenvalue weighted by Crippen LogP contribution is 2.18. The number of aliphatic hydroxyl groups excluding tert-OH is 1. The van der Waals surface area contributed by atoms with Crippen molar-refractivity contribution in [2.24, 2.45) is 5.92 Å². The fourth-order valence-corrected chi connectivity index (χ4v) is 1.97. The molecule has 0 aromatic heterocycles. The van der Waals surface area contributed by atoms with Crippen LogP contribution in [-0.4, -0.2) is 51.6 Å². The molecule has 0 rings (SSSR count). The molecule has 0 saturated carbocycles. The van der Waals surface area contributed by atoms with Crippen molar-refractivity contribution in [2.45, 2.75) is 11.4 Å². The maximum Gasteiger partial charge on any atom is 0.325 e. The lowest BCUT2D eigenvalue weighted by molar-refractivity contribution is -0.150. The highest BCUT2D eigenvalue weighted by Gasteiger charge is 2.46. The lowest BCUT2D eigenvalue weighted by atomic mass is 9.98. The van der Waals surface area contributed by atoms with Gasteiger partial charge in [-0.1, -0.05) is 6.08 Å². The van der Waals surface area contributed by atoms with Gasteiger partial charge in [-0.3, -0.25) is 14.1 Å². The second-order valence-corrected chi connectivity index (χ2v) is 4.40. The molecule has 0 aliphatic heterocycles. The van der Waals surface area contributed by atoms with Gasteiger partial charge in [-0.25, -0.2) is 0 Å². The van der Waals surface area contributed by atoms with Gasteiger partial charge in [-0.2, -0.15) is 8.42 Å². The SMILES string of the molecule is C=CC(O)C(C(=O)O)C(C(=O)O)S(=O)(=O)O. The first kappa shape index (κ1) is 14.6. The predicted molar refractivity (Wildman–Crippen MR) is 50.3 cm³/mol. The van der Waals surface area contributed by atoms with Crippen molar-refractivity contribution >= 4 is 22.1 Å². The standard InChI is InChI=1S/C7H10O8S/c1-2-3(8)4(6(9)10)5(7(11)12)16(13,14)15/h2-5,8H,1H2,(H,9,10)(H,11,12)(H,13,14,15). The molecule has 0 saturated heterocycles. The molecule has 3 unspecified atom stereocenters. The summed E-state index contributed by atoms with van der Waals surface area (Å²) in [6, 6.07) is 0. The van der Waals surface area contributed by atoms with Crippen molar-refractivity contribution in [3.63, 3.8) is 0 Å². The van der Waals surface area contributed by atoms with E-state index in [9.17, 15) is 18.0 Å². The first-order chi connectivity index (χ1) is 7.12. The molecule has 0 spiro atoms. The van der Waals surface area contributed by atoms with Gasteiger partial charge in [0, 0.05) is 0 Å². The fraction of sp³-hybridized carbons (Fsp3) is 0.429. The average molecular weight is 254 g/mol. The number of aliphatic hydroxyl groups is 1. The van der Waals surface area contributed by atoms with Crippen molar-refractivity contribution in [1.82, 2.24) is 0 Å². The zero-order valence-electron chi connectivity index (χ0n) is 7.85. The first-order valence-electron chi connectivity index (χ1n) is 3.85. The molecule has 0 heterocycles. The van der Waals surface area contributed by atoms with Crippen molar-refractivity contribution in [2.75, 3.05) is 0 Å². The van der Waals surface area contributed by atoms with Crippen LogP contribution in [0.25, 0.3) is 0 Å². The molecule has 8 nitrogen and oxygen atoms in total. The Morgan fingerprint density at radius 2 is 1.62 bits per heavy atom. The van der Waals surface area contributed by atoms with Gasteiger partial charge in [0.05, 0.1) is 6.10 Å². The Morgan fingerprint density at radius 1 is 1.19 bits per heavy atom. The molecule has 0 aliphatic rings. The highest BCUT2D eigenvalue weighted by molar-refractivity contribution is 7.87. The molecule has 3 atom stereocenters. The van der Waals surface area contributed by atoms with E-state index in [1.165, 1.54) is 0 Å². The largest absolute Gasteiger partial charge is 0.481 e. The second kappa shape index (κ2) is 5.05. The van der Waals surface area contributed by atoms with Crippen LogP contribution < -0.4 is 0 Å². The minimum Gasteiger partial charge on any atom is -0.481 e. The molecule has 0 radical (unpaired) electrons. The zero-order chi connectivity index (χ0) is 13.1. The molecular weight excluding hydrogens is 244 g/mol. The van der Waals surface area contributed by atoms with Crippen molar-refractivity contribution in [1.29, 1.82) is 0 Å². The van der Waals surface area contributed by atoms with Crippen LogP contribution in [0, 0.1) is 5.92 Å². The van der Waals surface area contributed by atoms with Gasteiger partial charge in [0.15, 0.2) is 5.25 Å². The minimum atomic E-state index is -5.15. The Morgan fingerprint density at radius 3 is 1.81 bits per heavy atom. The van der Waals surface area contributed by atoms with E-state index in [2.05, 4.69) is 6.58 Å². The predicted octanol–water partition coefficient (Wildman–Crippen LogP) is -1.42. The second-order valence-electron chi connectivity index (χ2n) is 2.86. The number of rotatable bonds is 6. The van der Waals surface area contributed by atoms with Gasteiger partial charge >= 0.3 is 11.9 Å². The van der Waals surface area contributed by atoms with Crippen LogP contribution in [0.5, 0.6) is 0 Å². The van der Waals surface area contributed by atoms with E-state index < -0.39 is 39.3 Å². The summed E-state index contributed by atoms with van der Waals surface area (Å²) in [4.78, 5) is 21.2. The third-order valence-electron chi connectivity index (χ3n) is 1.79. The lowest BCUT2D eigenvalue weighted by Crippen LogP contribution is -2.46. The molecule has 0 fully saturated rings. The number of carboxylic acids is 2.